The molecule has 3 rings (SSSR count). The van der Waals surface area contributed by atoms with Gasteiger partial charge in [0, 0.05) is 23.5 Å². The van der Waals surface area contributed by atoms with Gasteiger partial charge in [-0.15, -0.1) is 11.3 Å². The molecule has 0 saturated carbocycles. The van der Waals surface area contributed by atoms with Gasteiger partial charge in [0.25, 0.3) is 0 Å². The molecule has 0 spiro atoms. The van der Waals surface area contributed by atoms with Crippen LogP contribution in [-0.2, 0) is 32.5 Å². The van der Waals surface area contributed by atoms with Crippen LogP contribution in [0.4, 0.5) is 9.59 Å². The van der Waals surface area contributed by atoms with Crippen molar-refractivity contribution in [1.82, 2.24) is 9.62 Å². The van der Waals surface area contributed by atoms with Gasteiger partial charge in [-0.3, -0.25) is 0 Å². The molecular weight excluding hydrogens is 590 g/mol. The third kappa shape index (κ3) is 10.9. The Morgan fingerprint density at radius 2 is 1.70 bits per heavy atom. The predicted molar refractivity (Wildman–Crippen MR) is 167 cm³/mol. The molecule has 0 aliphatic rings. The topological polar surface area (TPSA) is 137 Å². The fraction of sp³-hybridized carbons (Fsp3) is 0.419. The van der Waals surface area contributed by atoms with Crippen LogP contribution < -0.4 is 15.8 Å². The average Bonchev–Trinajstić information content (AvgIpc) is 3.47. The number of carbonyl (C=O) groups excluding carboxylic acids is 2. The van der Waals surface area contributed by atoms with E-state index < -0.39 is 39.9 Å². The summed E-state index contributed by atoms with van der Waals surface area (Å²) in [6, 6.07) is 18.2. The number of rotatable bonds is 15. The fourth-order valence-electron chi connectivity index (χ4n) is 4.58. The summed E-state index contributed by atoms with van der Waals surface area (Å²) in [7, 11) is -2.56. The number of hydrogen-bond acceptors (Lipinski definition) is 8. The normalized spacial score (nSPS) is 13.2. The number of amides is 2. The van der Waals surface area contributed by atoms with Crippen LogP contribution in [0.1, 0.15) is 50.5 Å². The largest absolute Gasteiger partial charge is 0.497 e. The maximum atomic E-state index is 14.4. The van der Waals surface area contributed by atoms with Gasteiger partial charge in [-0.2, -0.15) is 4.31 Å². The predicted octanol–water partition coefficient (Wildman–Crippen LogP) is 5.72. The van der Waals surface area contributed by atoms with Crippen LogP contribution >= 0.6 is 11.3 Å². The highest BCUT2D eigenvalue weighted by molar-refractivity contribution is 7.89. The van der Waals surface area contributed by atoms with Crippen molar-refractivity contribution in [2.75, 3.05) is 13.7 Å². The molecule has 3 N–H and O–H groups in total. The minimum Gasteiger partial charge on any atom is -0.497 e. The Balaban J connectivity index is 2.09. The van der Waals surface area contributed by atoms with E-state index in [1.165, 1.54) is 34.9 Å². The average molecular weight is 632 g/mol. The van der Waals surface area contributed by atoms with Gasteiger partial charge in [-0.05, 0) is 87.7 Å². The molecule has 0 radical (unpaired) electrons. The number of nitrogens with two attached hydrogens (primary N) is 1. The van der Waals surface area contributed by atoms with Crippen LogP contribution in [0.5, 0.6) is 5.75 Å². The van der Waals surface area contributed by atoms with Crippen LogP contribution in [0.2, 0.25) is 0 Å². The number of nitrogens with one attached hydrogen (secondary N) is 1. The maximum Gasteiger partial charge on any atom is 0.407 e. The van der Waals surface area contributed by atoms with Gasteiger partial charge in [0.05, 0.1) is 18.6 Å². The molecule has 12 heteroatoms. The number of benzene rings is 2. The minimum absolute atomic E-state index is 0.0980. The van der Waals surface area contributed by atoms with Gasteiger partial charge in [-0.1, -0.05) is 36.4 Å². The molecule has 2 aromatic carbocycles. The lowest BCUT2D eigenvalue weighted by Crippen LogP contribution is -2.55. The van der Waals surface area contributed by atoms with E-state index in [9.17, 15) is 18.0 Å². The molecule has 0 bridgehead atoms. The molecule has 43 heavy (non-hydrogen) atoms. The number of primary amides is 1. The highest BCUT2D eigenvalue weighted by Gasteiger charge is 2.38. The molecule has 234 valence electrons. The van der Waals surface area contributed by atoms with Crippen molar-refractivity contribution in [2.45, 2.75) is 75.6 Å². The highest BCUT2D eigenvalue weighted by atomic mass is 32.2. The standard InChI is InChI=1S/C31H41N3O7S2/c1-31(2,3)41-30(36)33-27(14-8-9-19-40-29(32)35)28(21-23-11-6-5-7-12-23)34(22-25-13-10-20-42-25)43(37,38)26-17-15-24(39-4)16-18-26/h5-7,10-13,15-18,20,27-28H,8-9,14,19,21-22H2,1-4H3,(H2,32,35)(H,33,36)/t27-,28?/m0/s1. The van der Waals surface area contributed by atoms with Gasteiger partial charge >= 0.3 is 12.2 Å². The van der Waals surface area contributed by atoms with E-state index in [2.05, 4.69) is 5.32 Å². The Morgan fingerprint density at radius 3 is 2.28 bits per heavy atom. The number of thiophene rings is 1. The molecule has 10 nitrogen and oxygen atoms in total. The first-order valence-corrected chi connectivity index (χ1v) is 16.3. The van der Waals surface area contributed by atoms with Gasteiger partial charge in [-0.25, -0.2) is 18.0 Å². The molecule has 1 unspecified atom stereocenters. The van der Waals surface area contributed by atoms with E-state index in [1.807, 2.05) is 47.8 Å². The van der Waals surface area contributed by atoms with Crippen molar-refractivity contribution in [3.63, 3.8) is 0 Å². The molecule has 0 aliphatic heterocycles. The Hall–Kier alpha value is -3.61. The zero-order valence-corrected chi connectivity index (χ0v) is 26.7. The number of methoxy groups -OCH3 is 1. The minimum atomic E-state index is -4.08. The number of alkyl carbamates (subject to hydrolysis) is 1. The zero-order chi connectivity index (χ0) is 31.5. The monoisotopic (exact) mass is 631 g/mol. The first kappa shape index (κ1) is 33.9. The number of carbonyl (C=O) groups is 2. The molecule has 2 atom stereocenters. The number of nitrogens with zero attached hydrogens (tertiary/aromatic N) is 1. The zero-order valence-electron chi connectivity index (χ0n) is 25.0. The molecule has 0 saturated heterocycles. The summed E-state index contributed by atoms with van der Waals surface area (Å²) in [5.74, 6) is 0.534. The van der Waals surface area contributed by atoms with Crippen molar-refractivity contribution in [1.29, 1.82) is 0 Å². The molecule has 3 aromatic rings. The Labute approximate surface area is 258 Å². The van der Waals surface area contributed by atoms with E-state index >= 15 is 0 Å². The van der Waals surface area contributed by atoms with Gasteiger partial charge in [0.2, 0.25) is 10.0 Å². The second-order valence-corrected chi connectivity index (χ2v) is 13.9. The lowest BCUT2D eigenvalue weighted by atomic mass is 9.95. The Bertz CT molecular complexity index is 1390. The molecule has 0 aliphatic carbocycles. The van der Waals surface area contributed by atoms with Crippen LogP contribution in [0.15, 0.2) is 77.0 Å². The summed E-state index contributed by atoms with van der Waals surface area (Å²) < 4.78 is 46.1. The first-order valence-electron chi connectivity index (χ1n) is 14.0. The number of unbranched alkanes of at least 4 members (excludes halogenated alkanes) is 1. The van der Waals surface area contributed by atoms with E-state index in [4.69, 9.17) is 19.9 Å². The van der Waals surface area contributed by atoms with E-state index in [0.29, 0.717) is 31.4 Å². The van der Waals surface area contributed by atoms with Gasteiger partial charge in [0.1, 0.15) is 11.4 Å². The summed E-state index contributed by atoms with van der Waals surface area (Å²) in [6.07, 6.45) is 0.190. The second kappa shape index (κ2) is 15.7. The third-order valence-electron chi connectivity index (χ3n) is 6.54. The summed E-state index contributed by atoms with van der Waals surface area (Å²) >= 11 is 1.45. The van der Waals surface area contributed by atoms with E-state index in [0.717, 1.165) is 10.4 Å². The van der Waals surface area contributed by atoms with Crippen molar-refractivity contribution in [3.05, 3.63) is 82.6 Å². The molecule has 1 heterocycles. The smallest absolute Gasteiger partial charge is 0.407 e. The quantitative estimate of drug-likeness (QED) is 0.205. The molecule has 0 fully saturated rings. The van der Waals surface area contributed by atoms with Crippen molar-refractivity contribution in [2.24, 2.45) is 5.73 Å². The van der Waals surface area contributed by atoms with Crippen LogP contribution in [0.25, 0.3) is 0 Å². The highest BCUT2D eigenvalue weighted by Crippen LogP contribution is 2.29. The number of ether oxygens (including phenoxy) is 3. The Morgan fingerprint density at radius 1 is 1.00 bits per heavy atom. The third-order valence-corrected chi connectivity index (χ3v) is 9.28. The summed E-state index contributed by atoms with van der Waals surface area (Å²) in [6.45, 7) is 5.51. The maximum absolute atomic E-state index is 14.4. The molecule has 2 amide bonds. The molecular formula is C31H41N3O7S2. The van der Waals surface area contributed by atoms with Gasteiger partial charge < -0.3 is 25.3 Å². The van der Waals surface area contributed by atoms with Crippen molar-refractivity contribution in [3.8, 4) is 5.75 Å². The van der Waals surface area contributed by atoms with E-state index in [1.54, 1.807) is 32.9 Å². The summed E-state index contributed by atoms with van der Waals surface area (Å²) in [5.41, 5.74) is 5.25. The van der Waals surface area contributed by atoms with Crippen molar-refractivity contribution < 1.29 is 32.2 Å². The van der Waals surface area contributed by atoms with Crippen LogP contribution in [-0.4, -0.2) is 56.3 Å². The molecule has 1 aromatic heterocycles. The number of sulfonamides is 1. The summed E-state index contributed by atoms with van der Waals surface area (Å²) in [5, 5.41) is 4.88. The first-order chi connectivity index (χ1) is 20.4. The van der Waals surface area contributed by atoms with Crippen molar-refractivity contribution >= 4 is 33.5 Å². The van der Waals surface area contributed by atoms with E-state index in [-0.39, 0.29) is 18.0 Å². The lowest BCUT2D eigenvalue weighted by Gasteiger charge is -2.37. The summed E-state index contributed by atoms with van der Waals surface area (Å²) in [4.78, 5) is 25.1. The van der Waals surface area contributed by atoms with Crippen LogP contribution in [0, 0.1) is 0 Å². The SMILES string of the molecule is COc1ccc(S(=O)(=O)N(Cc2cccs2)C(Cc2ccccc2)[C@H](CCCCOC(N)=O)NC(=O)OC(C)(C)C)cc1. The second-order valence-electron chi connectivity index (χ2n) is 11.0. The fourth-order valence-corrected chi connectivity index (χ4v) is 7.00. The van der Waals surface area contributed by atoms with Gasteiger partial charge in [0.15, 0.2) is 0 Å². The lowest BCUT2D eigenvalue weighted by molar-refractivity contribution is 0.0472. The number of hydrogen-bond donors (Lipinski definition) is 2. The van der Waals surface area contributed by atoms with Crippen LogP contribution in [0.3, 0.4) is 0 Å². The Kier molecular flexibility index (Phi) is 12.4.